The monoisotopic (exact) mass is 300 g/mol. The van der Waals surface area contributed by atoms with Gasteiger partial charge in [0, 0.05) is 35.8 Å². The number of nitrogens with two attached hydrogens (primary N) is 1. The van der Waals surface area contributed by atoms with Crippen molar-refractivity contribution in [1.29, 1.82) is 0 Å². The Labute approximate surface area is 128 Å². The van der Waals surface area contributed by atoms with Gasteiger partial charge in [-0.2, -0.15) is 0 Å². The van der Waals surface area contributed by atoms with Gasteiger partial charge in [-0.1, -0.05) is 18.2 Å². The van der Waals surface area contributed by atoms with Crippen LogP contribution in [0.1, 0.15) is 18.1 Å². The van der Waals surface area contributed by atoms with Crippen molar-refractivity contribution in [2.75, 3.05) is 0 Å². The van der Waals surface area contributed by atoms with E-state index in [2.05, 4.69) is 6.07 Å². The van der Waals surface area contributed by atoms with Crippen molar-refractivity contribution in [3.05, 3.63) is 71.4 Å². The summed E-state index contributed by atoms with van der Waals surface area (Å²) < 4.78 is 28.7. The van der Waals surface area contributed by atoms with Gasteiger partial charge in [-0.25, -0.2) is 8.78 Å². The van der Waals surface area contributed by atoms with Crippen LogP contribution in [-0.2, 0) is 13.0 Å². The number of rotatable bonds is 4. The number of aromatic nitrogens is 1. The van der Waals surface area contributed by atoms with Crippen LogP contribution < -0.4 is 5.73 Å². The van der Waals surface area contributed by atoms with Crippen molar-refractivity contribution in [2.24, 2.45) is 5.73 Å². The van der Waals surface area contributed by atoms with E-state index in [1.54, 1.807) is 0 Å². The highest BCUT2D eigenvalue weighted by atomic mass is 19.1. The van der Waals surface area contributed by atoms with Crippen LogP contribution in [0, 0.1) is 11.6 Å². The topological polar surface area (TPSA) is 30.9 Å². The third-order valence-corrected chi connectivity index (χ3v) is 3.69. The van der Waals surface area contributed by atoms with Gasteiger partial charge in [0.2, 0.25) is 0 Å². The molecule has 2 aromatic carbocycles. The van der Waals surface area contributed by atoms with Gasteiger partial charge in [-0.3, -0.25) is 0 Å². The molecule has 0 spiro atoms. The minimum atomic E-state index is -0.553. The molecule has 0 aliphatic rings. The molecule has 0 amide bonds. The van der Waals surface area contributed by atoms with Crippen molar-refractivity contribution >= 4 is 10.9 Å². The number of para-hydroxylation sites is 1. The Morgan fingerprint density at radius 2 is 1.77 bits per heavy atom. The molecule has 0 bridgehead atoms. The Hall–Kier alpha value is -2.20. The third-order valence-electron chi connectivity index (χ3n) is 3.69. The van der Waals surface area contributed by atoms with Crippen LogP contribution in [0.5, 0.6) is 0 Å². The Balaban J connectivity index is 2.03. The summed E-state index contributed by atoms with van der Waals surface area (Å²) in [7, 11) is 0. The normalized spacial score (nSPS) is 12.7. The molecule has 3 aromatic rings. The van der Waals surface area contributed by atoms with Crippen LogP contribution in [0.25, 0.3) is 10.9 Å². The first-order valence-electron chi connectivity index (χ1n) is 7.30. The Kier molecular flexibility index (Phi) is 3.94. The van der Waals surface area contributed by atoms with Crippen LogP contribution in [0.15, 0.2) is 48.7 Å². The minimum absolute atomic E-state index is 0.0610. The molecule has 0 radical (unpaired) electrons. The summed E-state index contributed by atoms with van der Waals surface area (Å²) >= 11 is 0. The quantitative estimate of drug-likeness (QED) is 0.779. The Morgan fingerprint density at radius 1 is 1.09 bits per heavy atom. The number of nitrogens with zero attached hydrogens (tertiary/aromatic N) is 1. The highest BCUT2D eigenvalue weighted by Gasteiger charge is 2.10. The molecule has 0 aliphatic carbocycles. The van der Waals surface area contributed by atoms with Gasteiger partial charge in [0.1, 0.15) is 11.6 Å². The first kappa shape index (κ1) is 14.7. The fourth-order valence-electron chi connectivity index (χ4n) is 2.86. The van der Waals surface area contributed by atoms with Gasteiger partial charge in [-0.05, 0) is 42.7 Å². The van der Waals surface area contributed by atoms with Gasteiger partial charge in [0.05, 0.1) is 0 Å². The van der Waals surface area contributed by atoms with Gasteiger partial charge in [0.25, 0.3) is 0 Å². The first-order valence-corrected chi connectivity index (χ1v) is 7.30. The van der Waals surface area contributed by atoms with Crippen molar-refractivity contribution in [3.8, 4) is 0 Å². The molecule has 1 atom stereocenters. The Bertz CT molecular complexity index is 786. The summed E-state index contributed by atoms with van der Waals surface area (Å²) in [4.78, 5) is 0. The number of halogens is 2. The van der Waals surface area contributed by atoms with E-state index in [-0.39, 0.29) is 6.04 Å². The first-order chi connectivity index (χ1) is 10.5. The summed E-state index contributed by atoms with van der Waals surface area (Å²) in [6, 6.07) is 11.7. The summed E-state index contributed by atoms with van der Waals surface area (Å²) in [5.74, 6) is -1.11. The molecule has 22 heavy (non-hydrogen) atoms. The van der Waals surface area contributed by atoms with E-state index >= 15 is 0 Å². The maximum absolute atomic E-state index is 13.4. The van der Waals surface area contributed by atoms with Gasteiger partial charge in [0.15, 0.2) is 0 Å². The maximum atomic E-state index is 13.4. The molecule has 2 nitrogen and oxygen atoms in total. The lowest BCUT2D eigenvalue weighted by molar-refractivity contribution is 0.578. The zero-order chi connectivity index (χ0) is 15.7. The summed E-state index contributed by atoms with van der Waals surface area (Å²) in [5.41, 5.74) is 8.71. The summed E-state index contributed by atoms with van der Waals surface area (Å²) in [6.07, 6.45) is 2.79. The molecule has 114 valence electrons. The van der Waals surface area contributed by atoms with E-state index in [1.807, 2.05) is 35.9 Å². The van der Waals surface area contributed by atoms with Crippen LogP contribution in [0.3, 0.4) is 0 Å². The molecule has 1 aromatic heterocycles. The molecule has 4 heteroatoms. The predicted octanol–water partition coefficient (Wildman–Crippen LogP) is 3.86. The van der Waals surface area contributed by atoms with Crippen LogP contribution in [0.4, 0.5) is 8.78 Å². The highest BCUT2D eigenvalue weighted by molar-refractivity contribution is 5.84. The molecule has 3 rings (SSSR count). The zero-order valence-electron chi connectivity index (χ0n) is 12.4. The van der Waals surface area contributed by atoms with Crippen molar-refractivity contribution < 1.29 is 8.78 Å². The highest BCUT2D eigenvalue weighted by Crippen LogP contribution is 2.23. The standard InChI is InChI=1S/C18H18F2N2/c1-12(21)6-14-11-22(18-5-3-2-4-17(14)18)10-13-7-15(19)9-16(20)8-13/h2-5,7-9,11-12H,6,10,21H2,1H3. The molecule has 2 N–H and O–H groups in total. The molecule has 0 saturated carbocycles. The molecular formula is C18H18F2N2. The van der Waals surface area contributed by atoms with Gasteiger partial charge >= 0.3 is 0 Å². The SMILES string of the molecule is CC(N)Cc1cn(Cc2cc(F)cc(F)c2)c2ccccc12. The lowest BCUT2D eigenvalue weighted by atomic mass is 10.1. The van der Waals surface area contributed by atoms with Crippen molar-refractivity contribution in [1.82, 2.24) is 4.57 Å². The number of hydrogen-bond acceptors (Lipinski definition) is 1. The third kappa shape index (κ3) is 3.02. The van der Waals surface area contributed by atoms with E-state index in [0.29, 0.717) is 12.1 Å². The van der Waals surface area contributed by atoms with Crippen molar-refractivity contribution in [2.45, 2.75) is 25.9 Å². The van der Waals surface area contributed by atoms with E-state index in [1.165, 1.54) is 12.1 Å². The molecular weight excluding hydrogens is 282 g/mol. The van der Waals surface area contributed by atoms with Gasteiger partial charge in [-0.15, -0.1) is 0 Å². The van der Waals surface area contributed by atoms with Crippen LogP contribution >= 0.6 is 0 Å². The predicted molar refractivity (Wildman–Crippen MR) is 84.8 cm³/mol. The molecule has 0 fully saturated rings. The molecule has 1 unspecified atom stereocenters. The van der Waals surface area contributed by atoms with Crippen LogP contribution in [0.2, 0.25) is 0 Å². The summed E-state index contributed by atoms with van der Waals surface area (Å²) in [5, 5.41) is 1.14. The number of benzene rings is 2. The van der Waals surface area contributed by atoms with E-state index < -0.39 is 11.6 Å². The second kappa shape index (κ2) is 5.89. The fourth-order valence-corrected chi connectivity index (χ4v) is 2.86. The average molecular weight is 300 g/mol. The van der Waals surface area contributed by atoms with E-state index in [9.17, 15) is 8.78 Å². The lowest BCUT2D eigenvalue weighted by Gasteiger charge is -2.06. The zero-order valence-corrected chi connectivity index (χ0v) is 12.4. The van der Waals surface area contributed by atoms with E-state index in [0.717, 1.165) is 29.0 Å². The largest absolute Gasteiger partial charge is 0.343 e. The second-order valence-electron chi connectivity index (χ2n) is 5.76. The molecule has 1 heterocycles. The average Bonchev–Trinajstić information content (AvgIpc) is 2.75. The van der Waals surface area contributed by atoms with Gasteiger partial charge < -0.3 is 10.3 Å². The smallest absolute Gasteiger partial charge is 0.126 e. The molecule has 0 aliphatic heterocycles. The van der Waals surface area contributed by atoms with E-state index in [4.69, 9.17) is 5.73 Å². The lowest BCUT2D eigenvalue weighted by Crippen LogP contribution is -2.17. The second-order valence-corrected chi connectivity index (χ2v) is 5.76. The fraction of sp³-hybridized carbons (Fsp3) is 0.222. The minimum Gasteiger partial charge on any atom is -0.343 e. The number of fused-ring (bicyclic) bond motifs is 1. The number of hydrogen-bond donors (Lipinski definition) is 1. The van der Waals surface area contributed by atoms with Crippen molar-refractivity contribution in [3.63, 3.8) is 0 Å². The van der Waals surface area contributed by atoms with Crippen LogP contribution in [-0.4, -0.2) is 10.6 Å². The maximum Gasteiger partial charge on any atom is 0.126 e. The Morgan fingerprint density at radius 3 is 2.45 bits per heavy atom. The molecule has 0 saturated heterocycles. The summed E-state index contributed by atoms with van der Waals surface area (Å²) in [6.45, 7) is 2.39.